The molecule has 1 amide bonds. The van der Waals surface area contributed by atoms with Crippen molar-refractivity contribution in [3.8, 4) is 0 Å². The number of hydrogen-bond acceptors (Lipinski definition) is 3. The number of nitrogens with zero attached hydrogens (tertiary/aromatic N) is 2. The molecule has 21 heavy (non-hydrogen) atoms. The number of halogens is 1. The number of anilines is 1. The van der Waals surface area contributed by atoms with Gasteiger partial charge in [-0.05, 0) is 16.3 Å². The van der Waals surface area contributed by atoms with Crippen molar-refractivity contribution in [1.29, 1.82) is 0 Å². The van der Waals surface area contributed by atoms with Gasteiger partial charge in [-0.1, -0.05) is 54.1 Å². The maximum atomic E-state index is 12.0. The summed E-state index contributed by atoms with van der Waals surface area (Å²) in [4.78, 5) is 19.8. The van der Waals surface area contributed by atoms with Gasteiger partial charge in [0.2, 0.25) is 5.91 Å². The van der Waals surface area contributed by atoms with Crippen molar-refractivity contribution in [1.82, 2.24) is 9.97 Å². The third-order valence-corrected chi connectivity index (χ3v) is 3.26. The zero-order valence-corrected chi connectivity index (χ0v) is 11.8. The molecule has 4 nitrogen and oxygen atoms in total. The molecule has 1 N–H and O–H groups in total. The highest BCUT2D eigenvalue weighted by atomic mass is 35.5. The van der Waals surface area contributed by atoms with Gasteiger partial charge < -0.3 is 5.32 Å². The lowest BCUT2D eigenvalue weighted by Gasteiger charge is -2.05. The third-order valence-electron chi connectivity index (χ3n) is 3.07. The summed E-state index contributed by atoms with van der Waals surface area (Å²) >= 11 is 5.65. The molecule has 0 aliphatic heterocycles. The van der Waals surface area contributed by atoms with Crippen molar-refractivity contribution >= 4 is 34.1 Å². The number of fused-ring (bicyclic) bond motifs is 1. The SMILES string of the molecule is O=C(Cc1ccc2ccccc2c1)Nc1cnc(Cl)cn1. The number of benzene rings is 2. The van der Waals surface area contributed by atoms with Crippen LogP contribution in [-0.2, 0) is 11.2 Å². The molecule has 2 aromatic carbocycles. The summed E-state index contributed by atoms with van der Waals surface area (Å²) in [7, 11) is 0. The minimum Gasteiger partial charge on any atom is -0.309 e. The molecule has 0 aliphatic rings. The molecular weight excluding hydrogens is 286 g/mol. The van der Waals surface area contributed by atoms with E-state index in [4.69, 9.17) is 11.6 Å². The normalized spacial score (nSPS) is 10.5. The second-order valence-corrected chi connectivity index (χ2v) is 5.02. The molecule has 0 atom stereocenters. The molecule has 104 valence electrons. The van der Waals surface area contributed by atoms with Crippen molar-refractivity contribution < 1.29 is 4.79 Å². The summed E-state index contributed by atoms with van der Waals surface area (Å²) in [5.41, 5.74) is 0.952. The van der Waals surface area contributed by atoms with Crippen LogP contribution in [0.2, 0.25) is 5.15 Å². The summed E-state index contributed by atoms with van der Waals surface area (Å²) < 4.78 is 0. The Balaban J connectivity index is 1.72. The highest BCUT2D eigenvalue weighted by Gasteiger charge is 2.06. The van der Waals surface area contributed by atoms with Crippen molar-refractivity contribution in [2.75, 3.05) is 5.32 Å². The lowest BCUT2D eigenvalue weighted by Crippen LogP contribution is -2.15. The Kier molecular flexibility index (Phi) is 3.79. The van der Waals surface area contributed by atoms with Gasteiger partial charge in [0.25, 0.3) is 0 Å². The van der Waals surface area contributed by atoms with Gasteiger partial charge in [-0.2, -0.15) is 0 Å². The number of amides is 1. The molecular formula is C16H12ClN3O. The van der Waals surface area contributed by atoms with Crippen LogP contribution in [0, 0.1) is 0 Å². The topological polar surface area (TPSA) is 54.9 Å². The van der Waals surface area contributed by atoms with E-state index in [1.54, 1.807) is 0 Å². The lowest BCUT2D eigenvalue weighted by atomic mass is 10.1. The van der Waals surface area contributed by atoms with Crippen LogP contribution in [0.25, 0.3) is 10.8 Å². The van der Waals surface area contributed by atoms with E-state index in [1.165, 1.54) is 12.4 Å². The van der Waals surface area contributed by atoms with Crippen LogP contribution < -0.4 is 5.32 Å². The summed E-state index contributed by atoms with van der Waals surface area (Å²) in [6.45, 7) is 0. The molecule has 0 bridgehead atoms. The second-order valence-electron chi connectivity index (χ2n) is 4.63. The van der Waals surface area contributed by atoms with Crippen LogP contribution in [0.3, 0.4) is 0 Å². The molecule has 1 heterocycles. The van der Waals surface area contributed by atoms with E-state index in [-0.39, 0.29) is 12.3 Å². The Morgan fingerprint density at radius 3 is 2.62 bits per heavy atom. The zero-order chi connectivity index (χ0) is 14.7. The number of aromatic nitrogens is 2. The molecule has 3 rings (SSSR count). The molecule has 0 saturated heterocycles. The van der Waals surface area contributed by atoms with Gasteiger partial charge >= 0.3 is 0 Å². The first-order valence-corrected chi connectivity index (χ1v) is 6.83. The molecule has 0 saturated carbocycles. The molecule has 0 radical (unpaired) electrons. The quantitative estimate of drug-likeness (QED) is 0.805. The fourth-order valence-electron chi connectivity index (χ4n) is 2.10. The van der Waals surface area contributed by atoms with Crippen molar-refractivity contribution in [2.24, 2.45) is 0 Å². The largest absolute Gasteiger partial charge is 0.309 e. The number of nitrogens with one attached hydrogen (secondary N) is 1. The van der Waals surface area contributed by atoms with Crippen molar-refractivity contribution in [2.45, 2.75) is 6.42 Å². The van der Waals surface area contributed by atoms with Crippen LogP contribution in [-0.4, -0.2) is 15.9 Å². The first-order valence-electron chi connectivity index (χ1n) is 6.46. The van der Waals surface area contributed by atoms with Gasteiger partial charge in [0.05, 0.1) is 18.8 Å². The van der Waals surface area contributed by atoms with E-state index in [9.17, 15) is 4.79 Å². The first-order chi connectivity index (χ1) is 10.2. The standard InChI is InChI=1S/C16H12ClN3O/c17-14-9-19-15(10-18-14)20-16(21)8-11-5-6-12-3-1-2-4-13(12)7-11/h1-7,9-10H,8H2,(H,19,20,21). The fourth-order valence-corrected chi connectivity index (χ4v) is 2.20. The Morgan fingerprint density at radius 2 is 1.86 bits per heavy atom. The van der Waals surface area contributed by atoms with E-state index < -0.39 is 0 Å². The Labute approximate surface area is 126 Å². The number of hydrogen-bond donors (Lipinski definition) is 1. The van der Waals surface area contributed by atoms with Crippen LogP contribution in [0.5, 0.6) is 0 Å². The highest BCUT2D eigenvalue weighted by Crippen LogP contribution is 2.16. The van der Waals surface area contributed by atoms with Gasteiger partial charge in [0, 0.05) is 0 Å². The molecule has 0 spiro atoms. The summed E-state index contributed by atoms with van der Waals surface area (Å²) in [6, 6.07) is 14.0. The predicted molar refractivity (Wildman–Crippen MR) is 83.3 cm³/mol. The fraction of sp³-hybridized carbons (Fsp3) is 0.0625. The average molecular weight is 298 g/mol. The van der Waals surface area contributed by atoms with Gasteiger partial charge in [-0.15, -0.1) is 0 Å². The summed E-state index contributed by atoms with van der Waals surface area (Å²) in [5.74, 6) is 0.257. The van der Waals surface area contributed by atoms with E-state index in [0.29, 0.717) is 11.0 Å². The van der Waals surface area contributed by atoms with Gasteiger partial charge in [-0.25, -0.2) is 9.97 Å². The van der Waals surface area contributed by atoms with E-state index in [1.807, 2.05) is 42.5 Å². The maximum absolute atomic E-state index is 12.0. The number of carbonyl (C=O) groups is 1. The third kappa shape index (κ3) is 3.35. The molecule has 0 aliphatic carbocycles. The van der Waals surface area contributed by atoms with Crippen molar-refractivity contribution in [3.05, 3.63) is 65.6 Å². The van der Waals surface area contributed by atoms with E-state index in [2.05, 4.69) is 15.3 Å². The zero-order valence-electron chi connectivity index (χ0n) is 11.1. The Hall–Kier alpha value is -2.46. The average Bonchev–Trinajstić information content (AvgIpc) is 2.49. The molecule has 0 fully saturated rings. The number of rotatable bonds is 3. The van der Waals surface area contributed by atoms with E-state index >= 15 is 0 Å². The van der Waals surface area contributed by atoms with Crippen LogP contribution in [0.15, 0.2) is 54.9 Å². The van der Waals surface area contributed by atoms with Crippen LogP contribution in [0.1, 0.15) is 5.56 Å². The second kappa shape index (κ2) is 5.89. The minimum atomic E-state index is -0.137. The summed E-state index contributed by atoms with van der Waals surface area (Å²) in [6.07, 6.45) is 3.11. The van der Waals surface area contributed by atoms with Gasteiger partial charge in [-0.3, -0.25) is 4.79 Å². The molecule has 5 heteroatoms. The van der Waals surface area contributed by atoms with Crippen LogP contribution in [0.4, 0.5) is 5.82 Å². The lowest BCUT2D eigenvalue weighted by molar-refractivity contribution is -0.115. The Bertz CT molecular complexity index is 787. The monoisotopic (exact) mass is 297 g/mol. The molecule has 1 aromatic heterocycles. The number of carbonyl (C=O) groups excluding carboxylic acids is 1. The van der Waals surface area contributed by atoms with Gasteiger partial charge in [0.1, 0.15) is 5.15 Å². The van der Waals surface area contributed by atoms with E-state index in [0.717, 1.165) is 16.3 Å². The van der Waals surface area contributed by atoms with Crippen LogP contribution >= 0.6 is 11.6 Å². The maximum Gasteiger partial charge on any atom is 0.229 e. The molecule has 3 aromatic rings. The first kappa shape index (κ1) is 13.5. The Morgan fingerprint density at radius 1 is 1.05 bits per heavy atom. The molecule has 0 unspecified atom stereocenters. The smallest absolute Gasteiger partial charge is 0.229 e. The van der Waals surface area contributed by atoms with Gasteiger partial charge in [0.15, 0.2) is 5.82 Å². The highest BCUT2D eigenvalue weighted by molar-refractivity contribution is 6.29. The van der Waals surface area contributed by atoms with Crippen molar-refractivity contribution in [3.63, 3.8) is 0 Å². The summed E-state index contributed by atoms with van der Waals surface area (Å²) in [5, 5.41) is 5.27. The minimum absolute atomic E-state index is 0.137. The predicted octanol–water partition coefficient (Wildman–Crippen LogP) is 3.46.